The molecule has 21 heavy (non-hydrogen) atoms. The second-order valence-electron chi connectivity index (χ2n) is 4.47. The van der Waals surface area contributed by atoms with Gasteiger partial charge in [0.2, 0.25) is 0 Å². The van der Waals surface area contributed by atoms with Gasteiger partial charge in [-0.2, -0.15) is 5.10 Å². The molecule has 1 unspecified atom stereocenters. The molecule has 0 radical (unpaired) electrons. The summed E-state index contributed by atoms with van der Waals surface area (Å²) in [5, 5.41) is 20.1. The zero-order valence-electron chi connectivity index (χ0n) is 11.4. The van der Waals surface area contributed by atoms with Gasteiger partial charge >= 0.3 is 12.0 Å². The first-order valence-corrected chi connectivity index (χ1v) is 7.24. The minimum atomic E-state index is -1.09. The summed E-state index contributed by atoms with van der Waals surface area (Å²) in [4.78, 5) is 23.5. The summed E-state index contributed by atoms with van der Waals surface area (Å²) in [6.07, 6.45) is 3.60. The van der Waals surface area contributed by atoms with Gasteiger partial charge in [0, 0.05) is 17.6 Å². The van der Waals surface area contributed by atoms with E-state index in [9.17, 15) is 9.59 Å². The van der Waals surface area contributed by atoms with Crippen LogP contribution in [0.3, 0.4) is 0 Å². The van der Waals surface area contributed by atoms with E-state index in [0.717, 1.165) is 5.56 Å². The van der Waals surface area contributed by atoms with Crippen LogP contribution in [0.25, 0.3) is 0 Å². The number of aliphatic carboxylic acids is 1. The number of nitrogens with zero attached hydrogens (tertiary/aromatic N) is 2. The molecule has 3 N–H and O–H groups in total. The monoisotopic (exact) mass is 308 g/mol. The summed E-state index contributed by atoms with van der Waals surface area (Å²) < 4.78 is 1.71. The van der Waals surface area contributed by atoms with Crippen LogP contribution in [-0.2, 0) is 11.3 Å². The minimum Gasteiger partial charge on any atom is -0.479 e. The number of carbonyl (C=O) groups excluding carboxylic acids is 1. The van der Waals surface area contributed by atoms with Crippen molar-refractivity contribution in [1.82, 2.24) is 20.4 Å². The van der Waals surface area contributed by atoms with E-state index in [1.807, 2.05) is 13.1 Å². The minimum absolute atomic E-state index is 0.365. The molecule has 0 saturated heterocycles. The molecule has 2 aromatic rings. The molecule has 1 atom stereocenters. The molecule has 0 aliphatic heterocycles. The van der Waals surface area contributed by atoms with Crippen molar-refractivity contribution >= 4 is 23.3 Å². The Morgan fingerprint density at radius 2 is 2.33 bits per heavy atom. The highest BCUT2D eigenvalue weighted by Gasteiger charge is 2.22. The van der Waals surface area contributed by atoms with Crippen LogP contribution in [-0.4, -0.2) is 33.4 Å². The quantitative estimate of drug-likeness (QED) is 0.751. The molecular formula is C13H16N4O3S. The van der Waals surface area contributed by atoms with Crippen LogP contribution in [0.15, 0.2) is 29.9 Å². The number of hydrogen-bond acceptors (Lipinski definition) is 4. The molecule has 0 fully saturated rings. The molecule has 2 rings (SSSR count). The van der Waals surface area contributed by atoms with Crippen molar-refractivity contribution in [3.8, 4) is 0 Å². The Hall–Kier alpha value is -2.35. The average Bonchev–Trinajstić information content (AvgIpc) is 3.07. The molecule has 0 bridgehead atoms. The maximum absolute atomic E-state index is 11.7. The fraction of sp³-hybridized carbons (Fsp3) is 0.308. The Morgan fingerprint density at radius 1 is 1.52 bits per heavy atom. The topological polar surface area (TPSA) is 96.3 Å². The molecule has 2 heterocycles. The zero-order chi connectivity index (χ0) is 15.2. The van der Waals surface area contributed by atoms with E-state index in [-0.39, 0.29) is 0 Å². The van der Waals surface area contributed by atoms with Gasteiger partial charge in [0.1, 0.15) is 0 Å². The van der Waals surface area contributed by atoms with Gasteiger partial charge in [-0.3, -0.25) is 4.68 Å². The van der Waals surface area contributed by atoms with Gasteiger partial charge in [-0.05, 0) is 23.9 Å². The molecule has 2 amide bonds. The normalized spacial score (nSPS) is 11.9. The van der Waals surface area contributed by atoms with Crippen molar-refractivity contribution in [2.24, 2.45) is 0 Å². The number of aromatic nitrogens is 2. The predicted octanol–water partition coefficient (Wildman–Crippen LogP) is 1.38. The number of carboxylic acid groups (broad SMARTS) is 1. The lowest BCUT2D eigenvalue weighted by Crippen LogP contribution is -2.41. The molecule has 0 saturated carbocycles. The van der Waals surface area contributed by atoms with Crippen LogP contribution in [0.2, 0.25) is 0 Å². The van der Waals surface area contributed by atoms with Gasteiger partial charge in [-0.1, -0.05) is 6.07 Å². The van der Waals surface area contributed by atoms with E-state index in [0.29, 0.717) is 18.0 Å². The Kier molecular flexibility index (Phi) is 4.94. The highest BCUT2D eigenvalue weighted by atomic mass is 32.1. The van der Waals surface area contributed by atoms with E-state index in [2.05, 4.69) is 15.7 Å². The summed E-state index contributed by atoms with van der Waals surface area (Å²) in [5.74, 6) is -1.09. The summed E-state index contributed by atoms with van der Waals surface area (Å²) in [5.41, 5.74) is 1.04. The number of carbonyl (C=O) groups is 2. The van der Waals surface area contributed by atoms with E-state index in [1.54, 1.807) is 28.4 Å². The molecular weight excluding hydrogens is 292 g/mol. The Labute approximate surface area is 125 Å². The first-order valence-electron chi connectivity index (χ1n) is 6.36. The van der Waals surface area contributed by atoms with Crippen molar-refractivity contribution in [3.05, 3.63) is 40.3 Å². The smallest absolute Gasteiger partial charge is 0.331 e. The van der Waals surface area contributed by atoms with Crippen molar-refractivity contribution in [2.45, 2.75) is 19.5 Å². The van der Waals surface area contributed by atoms with Crippen molar-refractivity contribution < 1.29 is 14.7 Å². The first kappa shape index (κ1) is 15.0. The highest BCUT2D eigenvalue weighted by molar-refractivity contribution is 7.10. The SMILES string of the molecule is Cc1cnn(CCNC(=O)NC(C(=O)O)c2cccs2)c1. The van der Waals surface area contributed by atoms with Crippen LogP contribution in [0.1, 0.15) is 16.5 Å². The number of nitrogens with one attached hydrogen (secondary N) is 2. The maximum atomic E-state index is 11.7. The Bertz CT molecular complexity index is 609. The summed E-state index contributed by atoms with van der Waals surface area (Å²) in [7, 11) is 0. The van der Waals surface area contributed by atoms with E-state index < -0.39 is 18.0 Å². The molecule has 0 aliphatic carbocycles. The number of urea groups is 1. The fourth-order valence-electron chi connectivity index (χ4n) is 1.77. The Balaban J connectivity index is 1.81. The van der Waals surface area contributed by atoms with Gasteiger partial charge in [-0.15, -0.1) is 11.3 Å². The third-order valence-corrected chi connectivity index (χ3v) is 3.68. The number of rotatable bonds is 6. The molecule has 112 valence electrons. The van der Waals surface area contributed by atoms with Crippen LogP contribution >= 0.6 is 11.3 Å². The summed E-state index contributed by atoms with van der Waals surface area (Å²) in [6.45, 7) is 2.82. The number of aryl methyl sites for hydroxylation is 1. The highest BCUT2D eigenvalue weighted by Crippen LogP contribution is 2.18. The van der Waals surface area contributed by atoms with Crippen molar-refractivity contribution in [1.29, 1.82) is 0 Å². The average molecular weight is 308 g/mol. The summed E-state index contributed by atoms with van der Waals surface area (Å²) >= 11 is 1.29. The molecule has 0 aromatic carbocycles. The van der Waals surface area contributed by atoms with E-state index in [4.69, 9.17) is 5.11 Å². The van der Waals surface area contributed by atoms with Crippen LogP contribution in [0.4, 0.5) is 4.79 Å². The van der Waals surface area contributed by atoms with Gasteiger partial charge in [0.25, 0.3) is 0 Å². The fourth-order valence-corrected chi connectivity index (χ4v) is 2.53. The van der Waals surface area contributed by atoms with Gasteiger partial charge in [0.05, 0.1) is 12.7 Å². The maximum Gasteiger partial charge on any atom is 0.331 e. The second kappa shape index (κ2) is 6.89. The summed E-state index contributed by atoms with van der Waals surface area (Å²) in [6, 6.07) is 1.88. The van der Waals surface area contributed by atoms with Gasteiger partial charge in [-0.25, -0.2) is 9.59 Å². The number of hydrogen-bond donors (Lipinski definition) is 3. The van der Waals surface area contributed by atoms with Crippen LogP contribution in [0, 0.1) is 6.92 Å². The number of amides is 2. The number of thiophene rings is 1. The van der Waals surface area contributed by atoms with Gasteiger partial charge < -0.3 is 15.7 Å². The predicted molar refractivity (Wildman–Crippen MR) is 78.2 cm³/mol. The van der Waals surface area contributed by atoms with Gasteiger partial charge in [0.15, 0.2) is 6.04 Å². The lowest BCUT2D eigenvalue weighted by Gasteiger charge is -2.13. The largest absolute Gasteiger partial charge is 0.479 e. The molecule has 0 spiro atoms. The zero-order valence-corrected chi connectivity index (χ0v) is 12.3. The molecule has 8 heteroatoms. The lowest BCUT2D eigenvalue weighted by atomic mass is 10.2. The third kappa shape index (κ3) is 4.32. The van der Waals surface area contributed by atoms with E-state index in [1.165, 1.54) is 11.3 Å². The van der Waals surface area contributed by atoms with E-state index >= 15 is 0 Å². The third-order valence-electron chi connectivity index (χ3n) is 2.74. The van der Waals surface area contributed by atoms with Crippen molar-refractivity contribution in [3.63, 3.8) is 0 Å². The first-order chi connectivity index (χ1) is 10.1. The molecule has 7 nitrogen and oxygen atoms in total. The molecule has 2 aromatic heterocycles. The van der Waals surface area contributed by atoms with Crippen molar-refractivity contribution in [2.75, 3.05) is 6.54 Å². The second-order valence-corrected chi connectivity index (χ2v) is 5.45. The standard InChI is InChI=1S/C13H16N4O3S/c1-9-7-15-17(8-9)5-4-14-13(20)16-11(12(18)19)10-3-2-6-21-10/h2-3,6-8,11H,4-5H2,1H3,(H,18,19)(H2,14,16,20). The Morgan fingerprint density at radius 3 is 2.90 bits per heavy atom. The van der Waals surface area contributed by atoms with Crippen LogP contribution < -0.4 is 10.6 Å². The molecule has 0 aliphatic rings. The van der Waals surface area contributed by atoms with Crippen LogP contribution in [0.5, 0.6) is 0 Å². The lowest BCUT2D eigenvalue weighted by molar-refractivity contribution is -0.139. The number of carboxylic acids is 1.